The number of carbonyl (C=O) groups excluding carboxylic acids is 1. The Hall–Kier alpha value is -1.91. The van der Waals surface area contributed by atoms with Crippen LogP contribution in [0.5, 0.6) is 5.75 Å². The number of nitrogens with zero attached hydrogens (tertiary/aromatic N) is 1. The van der Waals surface area contributed by atoms with Crippen molar-refractivity contribution in [2.45, 2.75) is 49.0 Å². The normalized spacial score (nSPS) is 21.2. The third-order valence-corrected chi connectivity index (χ3v) is 8.94. The number of fused-ring (bicyclic) bond motifs is 1. The summed E-state index contributed by atoms with van der Waals surface area (Å²) in [5, 5.41) is 9.96. The first-order valence-corrected chi connectivity index (χ1v) is 14.3. The Morgan fingerprint density at radius 1 is 1.26 bits per heavy atom. The van der Waals surface area contributed by atoms with Crippen LogP contribution in [0, 0.1) is 5.41 Å². The van der Waals surface area contributed by atoms with Crippen molar-refractivity contribution in [2.75, 3.05) is 37.2 Å². The molecular weight excluding hydrogens is 474 g/mol. The average Bonchev–Trinajstić information content (AvgIpc) is 2.92. The predicted molar refractivity (Wildman–Crippen MR) is 139 cm³/mol. The van der Waals surface area contributed by atoms with Gasteiger partial charge in [-0.25, -0.2) is 4.79 Å². The van der Waals surface area contributed by atoms with E-state index in [1.54, 1.807) is 6.07 Å². The Morgan fingerprint density at radius 2 is 1.97 bits per heavy atom. The molecule has 0 radical (unpaired) electrons. The lowest BCUT2D eigenvalue weighted by molar-refractivity contribution is -0.151. The molecule has 3 N–H and O–H groups in total. The van der Waals surface area contributed by atoms with Crippen LogP contribution in [-0.2, 0) is 9.53 Å². The van der Waals surface area contributed by atoms with Gasteiger partial charge in [0, 0.05) is 29.5 Å². The van der Waals surface area contributed by atoms with Crippen LogP contribution in [0.25, 0.3) is 0 Å². The molecule has 0 amide bonds. The maximum absolute atomic E-state index is 11.6. The van der Waals surface area contributed by atoms with Crippen LogP contribution in [0.4, 0.5) is 11.4 Å². The van der Waals surface area contributed by atoms with E-state index in [1.807, 2.05) is 42.7 Å². The number of para-hydroxylation sites is 1. The number of thioether (sulfide) groups is 1. The third-order valence-electron chi connectivity index (χ3n) is 6.05. The Balaban J connectivity index is 2.10. The lowest BCUT2D eigenvalue weighted by Gasteiger charge is -2.39. The number of rotatable bonds is 9. The second kappa shape index (κ2) is 11.2. The number of benzene rings is 2. The third kappa shape index (κ3) is 6.01. The minimum Gasteiger partial charge on any atom is -0.489 e. The fourth-order valence-electron chi connectivity index (χ4n) is 4.32. The molecule has 0 aromatic heterocycles. The zero-order valence-electron chi connectivity index (χ0n) is 20.2. The van der Waals surface area contributed by atoms with Crippen molar-refractivity contribution < 1.29 is 28.5 Å². The molecule has 2 unspecified atom stereocenters. The van der Waals surface area contributed by atoms with Crippen molar-refractivity contribution in [1.82, 2.24) is 0 Å². The molecule has 2 atom stereocenters. The van der Waals surface area contributed by atoms with E-state index in [1.165, 1.54) is 18.9 Å². The van der Waals surface area contributed by atoms with Gasteiger partial charge in [0.05, 0.1) is 22.6 Å². The molecule has 2 aromatic rings. The van der Waals surface area contributed by atoms with Gasteiger partial charge in [-0.2, -0.15) is 10.6 Å². The average molecular weight is 510 g/mol. The SMILES string of the molecule is CCCCC1(C)CN(c2ccccc2)c2cc(SC)c(OCC(O)C(=O)OC)cc2S(O)(O)C1. The van der Waals surface area contributed by atoms with Gasteiger partial charge in [0.15, 0.2) is 6.10 Å². The van der Waals surface area contributed by atoms with Gasteiger partial charge in [0.1, 0.15) is 12.4 Å². The molecule has 1 heterocycles. The van der Waals surface area contributed by atoms with E-state index in [0.717, 1.165) is 35.5 Å². The van der Waals surface area contributed by atoms with Gasteiger partial charge >= 0.3 is 5.97 Å². The number of anilines is 2. The van der Waals surface area contributed by atoms with Crippen LogP contribution >= 0.6 is 22.4 Å². The minimum atomic E-state index is -3.15. The van der Waals surface area contributed by atoms with Gasteiger partial charge in [-0.1, -0.05) is 44.9 Å². The highest BCUT2D eigenvalue weighted by molar-refractivity contribution is 8.24. The number of carbonyl (C=O) groups is 1. The number of methoxy groups -OCH3 is 1. The van der Waals surface area contributed by atoms with Gasteiger partial charge in [-0.05, 0) is 30.9 Å². The van der Waals surface area contributed by atoms with E-state index in [2.05, 4.69) is 23.5 Å². The molecule has 0 spiro atoms. The molecule has 0 saturated heterocycles. The van der Waals surface area contributed by atoms with Gasteiger partial charge in [-0.15, -0.1) is 11.8 Å². The number of hydrogen-bond donors (Lipinski definition) is 3. The quantitative estimate of drug-likeness (QED) is 0.289. The van der Waals surface area contributed by atoms with E-state index in [-0.39, 0.29) is 17.8 Å². The molecule has 7 nitrogen and oxygen atoms in total. The minimum absolute atomic E-state index is 0.249. The molecule has 0 saturated carbocycles. The zero-order valence-corrected chi connectivity index (χ0v) is 21.8. The number of unbranched alkanes of at least 4 members (excludes halogenated alkanes) is 1. The maximum Gasteiger partial charge on any atom is 0.338 e. The summed E-state index contributed by atoms with van der Waals surface area (Å²) < 4.78 is 33.2. The first-order chi connectivity index (χ1) is 16.1. The van der Waals surface area contributed by atoms with Crippen LogP contribution in [0.3, 0.4) is 0 Å². The monoisotopic (exact) mass is 509 g/mol. The standard InChI is InChI=1S/C25H35NO6S2/c1-5-6-12-25(2)16-26(18-10-8-7-9-11-18)19-13-22(33-4)21(14-23(19)34(29,30)17-25)32-15-20(27)24(28)31-3/h7-11,13-14,20,27,29-30H,5-6,12,15-17H2,1-4H3. The first-order valence-electron chi connectivity index (χ1n) is 11.3. The molecule has 34 heavy (non-hydrogen) atoms. The predicted octanol–water partition coefficient (Wildman–Crippen LogP) is 5.78. The summed E-state index contributed by atoms with van der Waals surface area (Å²) >= 11 is 1.45. The molecular formula is C25H35NO6S2. The lowest BCUT2D eigenvalue weighted by atomic mass is 9.86. The Labute approximate surface area is 207 Å². The summed E-state index contributed by atoms with van der Waals surface area (Å²) in [5.41, 5.74) is 1.40. The summed E-state index contributed by atoms with van der Waals surface area (Å²) in [6.07, 6.45) is 3.38. The lowest BCUT2D eigenvalue weighted by Crippen LogP contribution is -2.35. The Kier molecular flexibility index (Phi) is 8.81. The summed E-state index contributed by atoms with van der Waals surface area (Å²) in [6.45, 7) is 4.61. The van der Waals surface area contributed by atoms with Crippen LogP contribution < -0.4 is 9.64 Å². The molecule has 0 fully saturated rings. The number of esters is 1. The second-order valence-electron chi connectivity index (χ2n) is 8.97. The largest absolute Gasteiger partial charge is 0.489 e. The topological polar surface area (TPSA) is 99.5 Å². The van der Waals surface area contributed by atoms with Crippen LogP contribution in [0.15, 0.2) is 52.3 Å². The maximum atomic E-state index is 11.6. The summed E-state index contributed by atoms with van der Waals surface area (Å²) in [6, 6.07) is 13.5. The number of aliphatic hydroxyl groups excluding tert-OH is 1. The number of ether oxygens (including phenoxy) is 2. The molecule has 188 valence electrons. The van der Waals surface area contributed by atoms with Gasteiger partial charge in [0.2, 0.25) is 0 Å². The molecule has 1 aliphatic rings. The van der Waals surface area contributed by atoms with Gasteiger partial charge in [0.25, 0.3) is 0 Å². The number of hydrogen-bond acceptors (Lipinski definition) is 8. The van der Waals surface area contributed by atoms with Crippen molar-refractivity contribution in [3.05, 3.63) is 42.5 Å². The van der Waals surface area contributed by atoms with Crippen LogP contribution in [-0.4, -0.2) is 58.6 Å². The van der Waals surface area contributed by atoms with Crippen LogP contribution in [0.2, 0.25) is 0 Å². The molecule has 0 aliphatic carbocycles. The number of aliphatic hydroxyl groups is 1. The highest BCUT2D eigenvalue weighted by Gasteiger charge is 2.40. The summed E-state index contributed by atoms with van der Waals surface area (Å²) in [4.78, 5) is 14.9. The second-order valence-corrected chi connectivity index (χ2v) is 11.9. The molecule has 0 bridgehead atoms. The fourth-order valence-corrected chi connectivity index (χ4v) is 7.03. The van der Waals surface area contributed by atoms with E-state index in [9.17, 15) is 19.0 Å². The van der Waals surface area contributed by atoms with E-state index >= 15 is 0 Å². The molecule has 3 rings (SSSR count). The van der Waals surface area contributed by atoms with Crippen molar-refractivity contribution >= 4 is 39.7 Å². The van der Waals surface area contributed by atoms with Crippen molar-refractivity contribution in [3.63, 3.8) is 0 Å². The Bertz CT molecular complexity index is 987. The Morgan fingerprint density at radius 3 is 2.59 bits per heavy atom. The molecule has 2 aromatic carbocycles. The van der Waals surface area contributed by atoms with Crippen molar-refractivity contribution in [2.24, 2.45) is 5.41 Å². The van der Waals surface area contributed by atoms with Crippen LogP contribution in [0.1, 0.15) is 33.1 Å². The van der Waals surface area contributed by atoms with Crippen molar-refractivity contribution in [3.8, 4) is 5.75 Å². The van der Waals surface area contributed by atoms with Crippen molar-refractivity contribution in [1.29, 1.82) is 0 Å². The highest BCUT2D eigenvalue weighted by atomic mass is 32.3. The van der Waals surface area contributed by atoms with Gasteiger partial charge in [-0.3, -0.25) is 9.11 Å². The fraction of sp³-hybridized carbons (Fsp3) is 0.480. The van der Waals surface area contributed by atoms with Gasteiger partial charge < -0.3 is 19.5 Å². The highest BCUT2D eigenvalue weighted by Crippen LogP contribution is 2.61. The molecule has 1 aliphatic heterocycles. The van der Waals surface area contributed by atoms with E-state index in [4.69, 9.17) is 4.74 Å². The first kappa shape index (κ1) is 26.7. The zero-order chi connectivity index (χ0) is 24.9. The molecule has 9 heteroatoms. The smallest absolute Gasteiger partial charge is 0.338 e. The van der Waals surface area contributed by atoms with E-state index < -0.39 is 22.7 Å². The summed E-state index contributed by atoms with van der Waals surface area (Å²) in [5.74, 6) is -0.148. The van der Waals surface area contributed by atoms with E-state index in [0.29, 0.717) is 17.2 Å². The summed E-state index contributed by atoms with van der Waals surface area (Å²) in [7, 11) is -1.95.